The van der Waals surface area contributed by atoms with E-state index in [0.29, 0.717) is 0 Å². The Bertz CT molecular complexity index is 930. The van der Waals surface area contributed by atoms with Crippen molar-refractivity contribution in [1.29, 1.82) is 0 Å². The molecule has 98 valence electrons. The number of fused-ring (bicyclic) bond motifs is 2. The Labute approximate surface area is 115 Å². The predicted octanol–water partition coefficient (Wildman–Crippen LogP) is 3.48. The number of aromatic nitrogens is 2. The van der Waals surface area contributed by atoms with Gasteiger partial charge in [-0.15, -0.1) is 0 Å². The lowest BCUT2D eigenvalue weighted by atomic mass is 10.0. The predicted molar refractivity (Wildman–Crippen MR) is 84.4 cm³/mol. The second-order valence-electron chi connectivity index (χ2n) is 5.01. The van der Waals surface area contributed by atoms with Gasteiger partial charge in [-0.05, 0) is 42.0 Å². The van der Waals surface area contributed by atoms with Crippen molar-refractivity contribution in [2.75, 3.05) is 11.5 Å². The van der Waals surface area contributed by atoms with Gasteiger partial charge in [-0.3, -0.25) is 0 Å². The molecule has 4 rings (SSSR count). The van der Waals surface area contributed by atoms with Gasteiger partial charge in [-0.2, -0.15) is 0 Å². The van der Waals surface area contributed by atoms with Crippen molar-refractivity contribution >= 4 is 33.2 Å². The van der Waals surface area contributed by atoms with E-state index < -0.39 is 0 Å². The van der Waals surface area contributed by atoms with Gasteiger partial charge in [0, 0.05) is 51.1 Å². The van der Waals surface area contributed by atoms with E-state index in [1.807, 2.05) is 42.7 Å². The maximum Gasteiger partial charge on any atom is 0.0481 e. The molecule has 0 aliphatic rings. The molecule has 2 heterocycles. The standard InChI is InChI=1S/C16H14N4/c17-10-1-2-15-12(7-10)13(8-20-15)9-5-14(18)11-3-4-19-16(11)6-9/h1-8,19-20H,17-18H2. The minimum atomic E-state index is 0.757. The lowest BCUT2D eigenvalue weighted by Gasteiger charge is -2.04. The fraction of sp³-hybridized carbons (Fsp3) is 0. The van der Waals surface area contributed by atoms with Gasteiger partial charge in [0.1, 0.15) is 0 Å². The summed E-state index contributed by atoms with van der Waals surface area (Å²) in [4.78, 5) is 6.48. The molecule has 0 aliphatic heterocycles. The van der Waals surface area contributed by atoms with Crippen LogP contribution in [-0.4, -0.2) is 9.97 Å². The lowest BCUT2D eigenvalue weighted by Crippen LogP contribution is -1.87. The first-order valence-electron chi connectivity index (χ1n) is 6.46. The zero-order valence-corrected chi connectivity index (χ0v) is 10.8. The van der Waals surface area contributed by atoms with Crippen LogP contribution in [-0.2, 0) is 0 Å². The van der Waals surface area contributed by atoms with Gasteiger partial charge in [0.2, 0.25) is 0 Å². The first-order chi connectivity index (χ1) is 9.72. The van der Waals surface area contributed by atoms with Crippen LogP contribution in [0.1, 0.15) is 0 Å². The molecule has 2 aromatic carbocycles. The Kier molecular flexibility index (Phi) is 2.09. The number of rotatable bonds is 1. The van der Waals surface area contributed by atoms with Gasteiger partial charge >= 0.3 is 0 Å². The molecule has 0 unspecified atom stereocenters. The first kappa shape index (κ1) is 11.0. The number of aromatic amines is 2. The Hall–Kier alpha value is -2.88. The molecule has 4 aromatic rings. The van der Waals surface area contributed by atoms with E-state index in [2.05, 4.69) is 16.0 Å². The summed E-state index contributed by atoms with van der Waals surface area (Å²) in [6.45, 7) is 0. The number of nitrogen functional groups attached to an aromatic ring is 2. The number of hydrogen-bond acceptors (Lipinski definition) is 2. The van der Waals surface area contributed by atoms with Crippen LogP contribution in [0.25, 0.3) is 32.9 Å². The van der Waals surface area contributed by atoms with Gasteiger partial charge in [0.15, 0.2) is 0 Å². The SMILES string of the molecule is Nc1ccc2[nH]cc(-c3cc(N)c4cc[nH]c4c3)c2c1. The van der Waals surface area contributed by atoms with Gasteiger partial charge in [-0.25, -0.2) is 0 Å². The molecule has 0 saturated heterocycles. The molecular weight excluding hydrogens is 248 g/mol. The summed E-state index contributed by atoms with van der Waals surface area (Å²) in [7, 11) is 0. The molecule has 0 spiro atoms. The van der Waals surface area contributed by atoms with Crippen LogP contribution in [0.5, 0.6) is 0 Å². The maximum absolute atomic E-state index is 6.13. The number of H-pyrrole nitrogens is 2. The van der Waals surface area contributed by atoms with Crippen molar-refractivity contribution in [3.8, 4) is 11.1 Å². The van der Waals surface area contributed by atoms with E-state index in [1.54, 1.807) is 0 Å². The number of hydrogen-bond donors (Lipinski definition) is 4. The van der Waals surface area contributed by atoms with E-state index >= 15 is 0 Å². The van der Waals surface area contributed by atoms with Crippen LogP contribution in [0.4, 0.5) is 11.4 Å². The molecule has 2 aromatic heterocycles. The quantitative estimate of drug-likeness (QED) is 0.396. The number of anilines is 2. The Morgan fingerprint density at radius 1 is 0.800 bits per heavy atom. The van der Waals surface area contributed by atoms with Gasteiger partial charge in [0.25, 0.3) is 0 Å². The highest BCUT2D eigenvalue weighted by molar-refractivity contribution is 6.01. The highest BCUT2D eigenvalue weighted by Crippen LogP contribution is 2.33. The van der Waals surface area contributed by atoms with Gasteiger partial charge in [0.05, 0.1) is 0 Å². The molecule has 0 radical (unpaired) electrons. The van der Waals surface area contributed by atoms with Crippen molar-refractivity contribution < 1.29 is 0 Å². The minimum Gasteiger partial charge on any atom is -0.399 e. The summed E-state index contributed by atoms with van der Waals surface area (Å²) in [6.07, 6.45) is 3.89. The third kappa shape index (κ3) is 1.48. The molecule has 0 aliphatic carbocycles. The second-order valence-corrected chi connectivity index (χ2v) is 5.01. The van der Waals surface area contributed by atoms with Crippen molar-refractivity contribution in [3.05, 3.63) is 48.8 Å². The van der Waals surface area contributed by atoms with Crippen molar-refractivity contribution in [3.63, 3.8) is 0 Å². The average Bonchev–Trinajstić information content (AvgIpc) is 3.04. The Morgan fingerprint density at radius 3 is 2.60 bits per heavy atom. The van der Waals surface area contributed by atoms with Crippen LogP contribution < -0.4 is 11.5 Å². The summed E-state index contributed by atoms with van der Waals surface area (Å²) in [5, 5.41) is 2.16. The average molecular weight is 262 g/mol. The smallest absolute Gasteiger partial charge is 0.0481 e. The zero-order chi connectivity index (χ0) is 13.7. The van der Waals surface area contributed by atoms with Gasteiger partial charge < -0.3 is 21.4 Å². The fourth-order valence-electron chi connectivity index (χ4n) is 2.73. The molecule has 6 N–H and O–H groups in total. The molecule has 0 atom stereocenters. The van der Waals surface area contributed by atoms with E-state index in [9.17, 15) is 0 Å². The van der Waals surface area contributed by atoms with Crippen molar-refractivity contribution in [1.82, 2.24) is 9.97 Å². The Morgan fingerprint density at radius 2 is 1.70 bits per heavy atom. The van der Waals surface area contributed by atoms with Crippen LogP contribution in [0.3, 0.4) is 0 Å². The number of benzene rings is 2. The van der Waals surface area contributed by atoms with Crippen LogP contribution in [0, 0.1) is 0 Å². The van der Waals surface area contributed by atoms with E-state index in [4.69, 9.17) is 11.5 Å². The maximum atomic E-state index is 6.13. The molecule has 0 bridgehead atoms. The molecule has 0 amide bonds. The number of nitrogens with one attached hydrogen (secondary N) is 2. The summed E-state index contributed by atoms with van der Waals surface area (Å²) < 4.78 is 0. The molecule has 0 fully saturated rings. The zero-order valence-electron chi connectivity index (χ0n) is 10.8. The summed E-state index contributed by atoms with van der Waals surface area (Å²) >= 11 is 0. The Balaban J connectivity index is 2.03. The fourth-order valence-corrected chi connectivity index (χ4v) is 2.73. The monoisotopic (exact) mass is 262 g/mol. The lowest BCUT2D eigenvalue weighted by molar-refractivity contribution is 1.47. The molecule has 4 heteroatoms. The number of nitrogens with two attached hydrogens (primary N) is 2. The molecule has 4 nitrogen and oxygen atoms in total. The van der Waals surface area contributed by atoms with Crippen LogP contribution >= 0.6 is 0 Å². The van der Waals surface area contributed by atoms with E-state index in [1.165, 1.54) is 0 Å². The highest BCUT2D eigenvalue weighted by Gasteiger charge is 2.09. The normalized spacial score (nSPS) is 11.4. The summed E-state index contributed by atoms with van der Waals surface area (Å²) in [5.41, 5.74) is 17.8. The summed E-state index contributed by atoms with van der Waals surface area (Å²) in [6, 6.07) is 12.0. The largest absolute Gasteiger partial charge is 0.399 e. The topological polar surface area (TPSA) is 83.6 Å². The third-order valence-corrected chi connectivity index (χ3v) is 3.72. The van der Waals surface area contributed by atoms with Crippen molar-refractivity contribution in [2.24, 2.45) is 0 Å². The van der Waals surface area contributed by atoms with Crippen molar-refractivity contribution in [2.45, 2.75) is 0 Å². The van der Waals surface area contributed by atoms with E-state index in [0.717, 1.165) is 44.3 Å². The van der Waals surface area contributed by atoms with E-state index in [-0.39, 0.29) is 0 Å². The summed E-state index contributed by atoms with van der Waals surface area (Å²) in [5.74, 6) is 0. The molecule has 0 saturated carbocycles. The highest BCUT2D eigenvalue weighted by atomic mass is 14.7. The molecule has 20 heavy (non-hydrogen) atoms. The van der Waals surface area contributed by atoms with Crippen LogP contribution in [0.2, 0.25) is 0 Å². The van der Waals surface area contributed by atoms with Crippen LogP contribution in [0.15, 0.2) is 48.8 Å². The first-order valence-corrected chi connectivity index (χ1v) is 6.46. The minimum absolute atomic E-state index is 0.757. The molecular formula is C16H14N4. The second kappa shape index (κ2) is 3.81. The van der Waals surface area contributed by atoms with Gasteiger partial charge in [-0.1, -0.05) is 0 Å². The third-order valence-electron chi connectivity index (χ3n) is 3.72.